The van der Waals surface area contributed by atoms with Gasteiger partial charge in [0.15, 0.2) is 10.8 Å². The summed E-state index contributed by atoms with van der Waals surface area (Å²) in [5.74, 6) is -0.601. The van der Waals surface area contributed by atoms with Crippen LogP contribution in [0.25, 0.3) is 0 Å². The first-order valence-corrected chi connectivity index (χ1v) is 4.60. The molecule has 0 saturated carbocycles. The van der Waals surface area contributed by atoms with Crippen molar-refractivity contribution in [3.05, 3.63) is 24.8 Å². The predicted octanol–water partition coefficient (Wildman–Crippen LogP) is 1.82. The van der Waals surface area contributed by atoms with Crippen molar-refractivity contribution in [1.82, 2.24) is 0 Å². The van der Waals surface area contributed by atoms with Crippen molar-refractivity contribution in [1.29, 1.82) is 21.0 Å². The van der Waals surface area contributed by atoms with Crippen molar-refractivity contribution < 1.29 is 0 Å². The molecule has 0 saturated heterocycles. The quantitative estimate of drug-likeness (QED) is 0.614. The minimum atomic E-state index is -1.67. The molecule has 0 spiro atoms. The van der Waals surface area contributed by atoms with Crippen molar-refractivity contribution in [2.45, 2.75) is 6.42 Å². The van der Waals surface area contributed by atoms with E-state index in [9.17, 15) is 10.5 Å². The lowest BCUT2D eigenvalue weighted by molar-refractivity contribution is 0.243. The summed E-state index contributed by atoms with van der Waals surface area (Å²) in [4.78, 5) is 0. The number of nitriles is 4. The molecule has 16 heavy (non-hydrogen) atoms. The standard InChI is InChI=1S/C12H8N4/c1-2-10-4-3-5-11(6-13,7-14)12(10,8-15)9-16/h2-4,10H,1,5H2. The molecule has 1 aliphatic rings. The van der Waals surface area contributed by atoms with E-state index in [2.05, 4.69) is 6.58 Å². The van der Waals surface area contributed by atoms with Gasteiger partial charge in [0.1, 0.15) is 0 Å². The van der Waals surface area contributed by atoms with Gasteiger partial charge in [0.2, 0.25) is 0 Å². The third kappa shape index (κ3) is 1.12. The Balaban J connectivity index is 3.58. The first-order chi connectivity index (χ1) is 7.66. The van der Waals surface area contributed by atoms with Crippen molar-refractivity contribution in [3.8, 4) is 24.3 Å². The number of rotatable bonds is 1. The Morgan fingerprint density at radius 1 is 1.12 bits per heavy atom. The average molecular weight is 208 g/mol. The van der Waals surface area contributed by atoms with E-state index in [1.54, 1.807) is 12.2 Å². The topological polar surface area (TPSA) is 95.2 Å². The largest absolute Gasteiger partial charge is 0.196 e. The van der Waals surface area contributed by atoms with Crippen LogP contribution in [-0.2, 0) is 0 Å². The fraction of sp³-hybridized carbons (Fsp3) is 0.333. The van der Waals surface area contributed by atoms with Crippen LogP contribution in [0.2, 0.25) is 0 Å². The highest BCUT2D eigenvalue weighted by atomic mass is 14.6. The van der Waals surface area contributed by atoms with Crippen LogP contribution in [0, 0.1) is 62.1 Å². The summed E-state index contributed by atoms with van der Waals surface area (Å²) in [5.41, 5.74) is -3.29. The summed E-state index contributed by atoms with van der Waals surface area (Å²) in [5, 5.41) is 36.6. The smallest absolute Gasteiger partial charge is 0.185 e. The van der Waals surface area contributed by atoms with Gasteiger partial charge in [-0.15, -0.1) is 6.58 Å². The van der Waals surface area contributed by atoms with Crippen LogP contribution < -0.4 is 0 Å². The third-order valence-electron chi connectivity index (χ3n) is 2.93. The zero-order chi connectivity index (χ0) is 12.2. The molecule has 4 heteroatoms. The van der Waals surface area contributed by atoms with Crippen LogP contribution in [-0.4, -0.2) is 0 Å². The molecule has 0 bridgehead atoms. The maximum atomic E-state index is 9.18. The summed E-state index contributed by atoms with van der Waals surface area (Å²) >= 11 is 0. The number of nitrogens with zero attached hydrogens (tertiary/aromatic N) is 4. The molecular weight excluding hydrogens is 200 g/mol. The summed E-state index contributed by atoms with van der Waals surface area (Å²) in [6, 6.07) is 7.30. The van der Waals surface area contributed by atoms with E-state index in [1.165, 1.54) is 6.08 Å². The molecule has 0 amide bonds. The first-order valence-electron chi connectivity index (χ1n) is 4.60. The van der Waals surface area contributed by atoms with Gasteiger partial charge in [0, 0.05) is 5.92 Å². The zero-order valence-electron chi connectivity index (χ0n) is 8.51. The fourth-order valence-electron chi connectivity index (χ4n) is 1.89. The van der Waals surface area contributed by atoms with Gasteiger partial charge in [-0.1, -0.05) is 18.2 Å². The van der Waals surface area contributed by atoms with Gasteiger partial charge in [-0.05, 0) is 6.42 Å². The van der Waals surface area contributed by atoms with E-state index in [0.717, 1.165) is 0 Å². The van der Waals surface area contributed by atoms with Crippen molar-refractivity contribution in [3.63, 3.8) is 0 Å². The van der Waals surface area contributed by atoms with E-state index in [-0.39, 0.29) is 6.42 Å². The second-order valence-corrected chi connectivity index (χ2v) is 3.55. The molecule has 1 aliphatic carbocycles. The molecule has 1 rings (SSSR count). The van der Waals surface area contributed by atoms with Crippen LogP contribution >= 0.6 is 0 Å². The Bertz CT molecular complexity index is 473. The van der Waals surface area contributed by atoms with Gasteiger partial charge in [-0.2, -0.15) is 21.0 Å². The molecule has 0 N–H and O–H groups in total. The highest BCUT2D eigenvalue weighted by molar-refractivity contribution is 5.41. The minimum Gasteiger partial charge on any atom is -0.196 e. The molecule has 0 radical (unpaired) electrons. The second-order valence-electron chi connectivity index (χ2n) is 3.55. The second kappa shape index (κ2) is 3.90. The molecule has 0 aliphatic heterocycles. The Labute approximate surface area is 93.9 Å². The molecule has 0 heterocycles. The fourth-order valence-corrected chi connectivity index (χ4v) is 1.89. The molecule has 0 aromatic heterocycles. The van der Waals surface area contributed by atoms with Crippen LogP contribution in [0.1, 0.15) is 6.42 Å². The number of hydrogen-bond donors (Lipinski definition) is 0. The molecule has 0 aromatic rings. The number of hydrogen-bond acceptors (Lipinski definition) is 4. The Hall–Kier alpha value is -2.56. The van der Waals surface area contributed by atoms with Crippen LogP contribution in [0.15, 0.2) is 24.8 Å². The molecule has 1 atom stereocenters. The molecule has 0 fully saturated rings. The first kappa shape index (κ1) is 11.5. The minimum absolute atomic E-state index is 0.0888. The summed E-state index contributed by atoms with van der Waals surface area (Å²) in [6.07, 6.45) is 4.80. The lowest BCUT2D eigenvalue weighted by Gasteiger charge is -2.37. The van der Waals surface area contributed by atoms with E-state index in [1.807, 2.05) is 24.3 Å². The maximum Gasteiger partial charge on any atom is 0.185 e. The van der Waals surface area contributed by atoms with E-state index in [0.29, 0.717) is 0 Å². The highest BCUT2D eigenvalue weighted by Crippen LogP contribution is 2.50. The van der Waals surface area contributed by atoms with Crippen molar-refractivity contribution >= 4 is 0 Å². The lowest BCUT2D eigenvalue weighted by atomic mass is 9.56. The Morgan fingerprint density at radius 3 is 2.06 bits per heavy atom. The summed E-state index contributed by atoms with van der Waals surface area (Å²) in [6.45, 7) is 3.54. The molecule has 1 unspecified atom stereocenters. The van der Waals surface area contributed by atoms with Crippen LogP contribution in [0.5, 0.6) is 0 Å². The van der Waals surface area contributed by atoms with Crippen LogP contribution in [0.3, 0.4) is 0 Å². The van der Waals surface area contributed by atoms with E-state index in [4.69, 9.17) is 10.5 Å². The van der Waals surface area contributed by atoms with Gasteiger partial charge in [-0.25, -0.2) is 0 Å². The highest BCUT2D eigenvalue weighted by Gasteiger charge is 2.58. The van der Waals surface area contributed by atoms with Gasteiger partial charge in [-0.3, -0.25) is 0 Å². The molecule has 76 valence electrons. The Kier molecular flexibility index (Phi) is 2.80. The van der Waals surface area contributed by atoms with Gasteiger partial charge < -0.3 is 0 Å². The van der Waals surface area contributed by atoms with Gasteiger partial charge in [0.05, 0.1) is 24.3 Å². The van der Waals surface area contributed by atoms with Crippen molar-refractivity contribution in [2.75, 3.05) is 0 Å². The third-order valence-corrected chi connectivity index (χ3v) is 2.93. The molecular formula is C12H8N4. The van der Waals surface area contributed by atoms with Gasteiger partial charge in [0.25, 0.3) is 0 Å². The van der Waals surface area contributed by atoms with Crippen molar-refractivity contribution in [2.24, 2.45) is 16.7 Å². The predicted molar refractivity (Wildman–Crippen MR) is 54.8 cm³/mol. The lowest BCUT2D eigenvalue weighted by Crippen LogP contribution is -2.44. The monoisotopic (exact) mass is 208 g/mol. The number of allylic oxidation sites excluding steroid dienone is 3. The average Bonchev–Trinajstić information content (AvgIpc) is 2.37. The molecule has 4 nitrogen and oxygen atoms in total. The van der Waals surface area contributed by atoms with Crippen LogP contribution in [0.4, 0.5) is 0 Å². The SMILES string of the molecule is C=CC1C=CCC(C#N)(C#N)C1(C#N)C#N. The molecule has 0 aromatic carbocycles. The van der Waals surface area contributed by atoms with E-state index < -0.39 is 16.7 Å². The summed E-state index contributed by atoms with van der Waals surface area (Å²) in [7, 11) is 0. The Morgan fingerprint density at radius 2 is 1.69 bits per heavy atom. The zero-order valence-corrected chi connectivity index (χ0v) is 8.51. The maximum absolute atomic E-state index is 9.18. The summed E-state index contributed by atoms with van der Waals surface area (Å²) < 4.78 is 0. The van der Waals surface area contributed by atoms with Gasteiger partial charge >= 0.3 is 0 Å². The normalized spacial score (nSPS) is 24.1. The van der Waals surface area contributed by atoms with E-state index >= 15 is 0 Å².